The molecule has 4 rings (SSSR count). The second-order valence-electron chi connectivity index (χ2n) is 6.83. The second kappa shape index (κ2) is 7.93. The molecule has 138 valence electrons. The zero-order chi connectivity index (χ0) is 17.8. The lowest BCUT2D eigenvalue weighted by molar-refractivity contribution is -0.0346. The van der Waals surface area contributed by atoms with Crippen LogP contribution in [0.1, 0.15) is 17.5 Å². The molecule has 1 aromatic carbocycles. The summed E-state index contributed by atoms with van der Waals surface area (Å²) in [6, 6.07) is 10.2. The summed E-state index contributed by atoms with van der Waals surface area (Å²) in [6.45, 7) is 4.81. The van der Waals surface area contributed by atoms with E-state index >= 15 is 0 Å². The number of hydrogen-bond donors (Lipinski definition) is 1. The smallest absolute Gasteiger partial charge is 0.161 e. The fourth-order valence-corrected chi connectivity index (χ4v) is 3.52. The molecule has 6 heteroatoms. The van der Waals surface area contributed by atoms with Crippen LogP contribution < -0.4 is 15.2 Å². The Balaban J connectivity index is 1.32. The molecule has 2 aliphatic heterocycles. The number of hydrogen-bond acceptors (Lipinski definition) is 6. The van der Waals surface area contributed by atoms with Gasteiger partial charge in [-0.3, -0.25) is 4.90 Å². The number of pyridine rings is 1. The summed E-state index contributed by atoms with van der Waals surface area (Å²) in [6.07, 6.45) is 3.95. The first-order valence-electron chi connectivity index (χ1n) is 9.19. The van der Waals surface area contributed by atoms with Crippen LogP contribution in [0.5, 0.6) is 11.5 Å². The lowest BCUT2D eigenvalue weighted by atomic mass is 10.1. The van der Waals surface area contributed by atoms with Crippen LogP contribution in [-0.4, -0.2) is 48.9 Å². The predicted molar refractivity (Wildman–Crippen MR) is 99.4 cm³/mol. The largest absolute Gasteiger partial charge is 0.486 e. The number of rotatable bonds is 5. The first-order chi connectivity index (χ1) is 12.8. The van der Waals surface area contributed by atoms with Crippen LogP contribution in [0.4, 0.5) is 5.82 Å². The quantitative estimate of drug-likeness (QED) is 0.887. The molecule has 2 N–H and O–H groups in total. The van der Waals surface area contributed by atoms with Gasteiger partial charge in [0.2, 0.25) is 0 Å². The Morgan fingerprint density at radius 3 is 2.81 bits per heavy atom. The number of benzene rings is 1. The lowest BCUT2D eigenvalue weighted by Gasteiger charge is -2.33. The maximum absolute atomic E-state index is 5.96. The summed E-state index contributed by atoms with van der Waals surface area (Å²) in [5.41, 5.74) is 8.21. The zero-order valence-electron chi connectivity index (χ0n) is 14.9. The van der Waals surface area contributed by atoms with Gasteiger partial charge in [0, 0.05) is 25.8 Å². The van der Waals surface area contributed by atoms with E-state index in [1.54, 1.807) is 6.20 Å². The zero-order valence-corrected chi connectivity index (χ0v) is 14.9. The van der Waals surface area contributed by atoms with Gasteiger partial charge < -0.3 is 19.9 Å². The van der Waals surface area contributed by atoms with Gasteiger partial charge in [-0.2, -0.15) is 0 Å². The number of fused-ring (bicyclic) bond motifs is 1. The Labute approximate surface area is 153 Å². The van der Waals surface area contributed by atoms with Crippen molar-refractivity contribution >= 4 is 5.82 Å². The molecule has 0 spiro atoms. The molecule has 0 aliphatic carbocycles. The maximum Gasteiger partial charge on any atom is 0.161 e. The van der Waals surface area contributed by atoms with E-state index in [0.717, 1.165) is 50.6 Å². The van der Waals surface area contributed by atoms with Crippen LogP contribution in [-0.2, 0) is 17.7 Å². The normalized spacial score (nSPS) is 20.1. The summed E-state index contributed by atoms with van der Waals surface area (Å²) in [4.78, 5) is 6.49. The van der Waals surface area contributed by atoms with Crippen molar-refractivity contribution in [3.05, 3.63) is 47.7 Å². The van der Waals surface area contributed by atoms with Crippen molar-refractivity contribution in [1.29, 1.82) is 0 Å². The lowest BCUT2D eigenvalue weighted by Crippen LogP contribution is -2.42. The average Bonchev–Trinajstić information content (AvgIpc) is 2.67. The van der Waals surface area contributed by atoms with E-state index in [1.165, 1.54) is 11.1 Å². The molecule has 2 aliphatic rings. The third-order valence-electron chi connectivity index (χ3n) is 4.84. The standard InChI is InChI=1S/C20H25N3O3/c21-20-12-15(5-6-22-20)1-3-17-14-23(7-8-24-17)13-16-2-4-18-19(11-16)26-10-9-25-18/h2,4-6,11-12,17H,1,3,7-10,13-14H2,(H2,21,22)/t17-/m0/s1. The summed E-state index contributed by atoms with van der Waals surface area (Å²) >= 11 is 0. The fraction of sp³-hybridized carbons (Fsp3) is 0.450. The number of ether oxygens (including phenoxy) is 3. The van der Waals surface area contributed by atoms with Gasteiger partial charge in [-0.05, 0) is 48.2 Å². The van der Waals surface area contributed by atoms with E-state index in [1.807, 2.05) is 18.2 Å². The van der Waals surface area contributed by atoms with Gasteiger partial charge in [-0.15, -0.1) is 0 Å². The number of aryl methyl sites for hydroxylation is 1. The molecule has 26 heavy (non-hydrogen) atoms. The molecule has 0 unspecified atom stereocenters. The number of anilines is 1. The molecule has 1 saturated heterocycles. The Kier molecular flexibility index (Phi) is 5.22. The van der Waals surface area contributed by atoms with Crippen LogP contribution in [0.15, 0.2) is 36.5 Å². The summed E-state index contributed by atoms with van der Waals surface area (Å²) in [7, 11) is 0. The topological polar surface area (TPSA) is 69.8 Å². The van der Waals surface area contributed by atoms with Crippen molar-refractivity contribution in [2.24, 2.45) is 0 Å². The highest BCUT2D eigenvalue weighted by atomic mass is 16.6. The summed E-state index contributed by atoms with van der Waals surface area (Å²) in [5.74, 6) is 2.28. The molecule has 0 radical (unpaired) electrons. The molecular weight excluding hydrogens is 330 g/mol. The van der Waals surface area contributed by atoms with Crippen molar-refractivity contribution in [3.8, 4) is 11.5 Å². The number of aromatic nitrogens is 1. The highest BCUT2D eigenvalue weighted by Crippen LogP contribution is 2.31. The number of nitrogen functional groups attached to an aromatic ring is 1. The number of nitrogens with two attached hydrogens (primary N) is 1. The third-order valence-corrected chi connectivity index (χ3v) is 4.84. The van der Waals surface area contributed by atoms with Gasteiger partial charge in [0.1, 0.15) is 19.0 Å². The van der Waals surface area contributed by atoms with Crippen LogP contribution in [0.3, 0.4) is 0 Å². The van der Waals surface area contributed by atoms with Gasteiger partial charge in [0.15, 0.2) is 11.5 Å². The fourth-order valence-electron chi connectivity index (χ4n) is 3.52. The van der Waals surface area contributed by atoms with Crippen molar-refractivity contribution in [2.75, 3.05) is 38.6 Å². The van der Waals surface area contributed by atoms with Gasteiger partial charge in [0.05, 0.1) is 12.7 Å². The first-order valence-corrected chi connectivity index (χ1v) is 9.19. The molecule has 3 heterocycles. The van der Waals surface area contributed by atoms with Crippen molar-refractivity contribution in [1.82, 2.24) is 9.88 Å². The molecule has 0 bridgehead atoms. The van der Waals surface area contributed by atoms with E-state index in [-0.39, 0.29) is 6.10 Å². The minimum absolute atomic E-state index is 0.246. The van der Waals surface area contributed by atoms with Crippen molar-refractivity contribution < 1.29 is 14.2 Å². The molecule has 1 atom stereocenters. The van der Waals surface area contributed by atoms with Crippen LogP contribution in [0.2, 0.25) is 0 Å². The van der Waals surface area contributed by atoms with Crippen molar-refractivity contribution in [2.45, 2.75) is 25.5 Å². The number of nitrogens with zero attached hydrogens (tertiary/aromatic N) is 2. The van der Waals surface area contributed by atoms with Gasteiger partial charge >= 0.3 is 0 Å². The van der Waals surface area contributed by atoms with E-state index in [2.05, 4.69) is 22.0 Å². The average molecular weight is 355 g/mol. The predicted octanol–water partition coefficient (Wildman–Crippen LogP) is 2.27. The van der Waals surface area contributed by atoms with Crippen LogP contribution >= 0.6 is 0 Å². The molecule has 6 nitrogen and oxygen atoms in total. The first kappa shape index (κ1) is 17.1. The molecule has 2 aromatic rings. The highest BCUT2D eigenvalue weighted by Gasteiger charge is 2.21. The molecule has 1 aromatic heterocycles. The van der Waals surface area contributed by atoms with E-state index in [0.29, 0.717) is 19.0 Å². The van der Waals surface area contributed by atoms with Gasteiger partial charge in [0.25, 0.3) is 0 Å². The molecular formula is C20H25N3O3. The van der Waals surface area contributed by atoms with Crippen LogP contribution in [0.25, 0.3) is 0 Å². The monoisotopic (exact) mass is 355 g/mol. The maximum atomic E-state index is 5.96. The Bertz CT molecular complexity index is 753. The summed E-state index contributed by atoms with van der Waals surface area (Å²) < 4.78 is 17.2. The van der Waals surface area contributed by atoms with E-state index in [4.69, 9.17) is 19.9 Å². The molecule has 0 saturated carbocycles. The molecule has 1 fully saturated rings. The number of morpholine rings is 1. The Morgan fingerprint density at radius 1 is 1.04 bits per heavy atom. The van der Waals surface area contributed by atoms with E-state index < -0.39 is 0 Å². The molecule has 0 amide bonds. The van der Waals surface area contributed by atoms with Crippen LogP contribution in [0, 0.1) is 0 Å². The van der Waals surface area contributed by atoms with Gasteiger partial charge in [-0.1, -0.05) is 6.07 Å². The minimum Gasteiger partial charge on any atom is -0.486 e. The Hall–Kier alpha value is -2.31. The van der Waals surface area contributed by atoms with Crippen molar-refractivity contribution in [3.63, 3.8) is 0 Å². The third kappa shape index (κ3) is 4.26. The SMILES string of the molecule is Nc1cc(CC[C@H]2CN(Cc3ccc4c(c3)OCCO4)CCO2)ccn1. The van der Waals surface area contributed by atoms with Gasteiger partial charge in [-0.25, -0.2) is 4.98 Å². The Morgan fingerprint density at radius 2 is 1.92 bits per heavy atom. The summed E-state index contributed by atoms with van der Waals surface area (Å²) in [5, 5.41) is 0. The second-order valence-corrected chi connectivity index (χ2v) is 6.83. The van der Waals surface area contributed by atoms with E-state index in [9.17, 15) is 0 Å². The highest BCUT2D eigenvalue weighted by molar-refractivity contribution is 5.43. The minimum atomic E-state index is 0.246.